The van der Waals surface area contributed by atoms with Gasteiger partial charge in [0.1, 0.15) is 5.69 Å². The molecule has 2 aliphatic rings. The Morgan fingerprint density at radius 2 is 2.11 bits per heavy atom. The number of hydrogen-bond acceptors (Lipinski definition) is 2. The lowest BCUT2D eigenvalue weighted by Gasteiger charge is -2.39. The maximum atomic E-state index is 12.6. The first-order valence-corrected chi connectivity index (χ1v) is 7.11. The van der Waals surface area contributed by atoms with Crippen LogP contribution in [0, 0.1) is 10.8 Å². The molecule has 0 unspecified atom stereocenters. The molecule has 0 spiro atoms. The van der Waals surface area contributed by atoms with E-state index in [1.165, 1.54) is 6.42 Å². The highest BCUT2D eigenvalue weighted by atomic mass is 16.2. The molecule has 2 atom stereocenters. The van der Waals surface area contributed by atoms with E-state index in [1.54, 1.807) is 6.20 Å². The molecular formula is C16H22N2O. The first kappa shape index (κ1) is 12.6. The number of rotatable bonds is 1. The molecule has 0 aromatic carbocycles. The van der Waals surface area contributed by atoms with Crippen LogP contribution < -0.4 is 0 Å². The fraction of sp³-hybridized carbons (Fsp3) is 0.625. The van der Waals surface area contributed by atoms with Crippen LogP contribution in [0.15, 0.2) is 24.4 Å². The molecule has 1 aromatic heterocycles. The van der Waals surface area contributed by atoms with E-state index in [0.717, 1.165) is 19.4 Å². The van der Waals surface area contributed by atoms with Gasteiger partial charge in [-0.1, -0.05) is 26.8 Å². The van der Waals surface area contributed by atoms with Crippen LogP contribution in [0.1, 0.15) is 50.5 Å². The van der Waals surface area contributed by atoms with Crippen molar-refractivity contribution in [1.29, 1.82) is 0 Å². The van der Waals surface area contributed by atoms with Crippen LogP contribution in [-0.4, -0.2) is 28.4 Å². The number of fused-ring (bicyclic) bond motifs is 2. The van der Waals surface area contributed by atoms with Crippen LogP contribution >= 0.6 is 0 Å². The molecule has 3 rings (SSSR count). The SMILES string of the molecule is CC1(C)C[C@H]2C[C@@](C)(CN2C(=O)c2ccccn2)C1. The third-order valence-electron chi connectivity index (χ3n) is 4.56. The Hall–Kier alpha value is -1.38. The lowest BCUT2D eigenvalue weighted by molar-refractivity contribution is 0.0702. The highest BCUT2D eigenvalue weighted by Crippen LogP contribution is 2.52. The van der Waals surface area contributed by atoms with E-state index in [4.69, 9.17) is 0 Å². The zero-order chi connectivity index (χ0) is 13.7. The van der Waals surface area contributed by atoms with Gasteiger partial charge in [0.2, 0.25) is 0 Å². The number of amides is 1. The molecule has 19 heavy (non-hydrogen) atoms. The summed E-state index contributed by atoms with van der Waals surface area (Å²) in [5.41, 5.74) is 1.21. The summed E-state index contributed by atoms with van der Waals surface area (Å²) in [5, 5.41) is 0. The summed E-state index contributed by atoms with van der Waals surface area (Å²) in [4.78, 5) is 18.9. The van der Waals surface area contributed by atoms with Crippen molar-refractivity contribution in [1.82, 2.24) is 9.88 Å². The van der Waals surface area contributed by atoms with E-state index >= 15 is 0 Å². The average molecular weight is 258 g/mol. The fourth-order valence-corrected chi connectivity index (χ4v) is 4.33. The molecular weight excluding hydrogens is 236 g/mol. The summed E-state index contributed by atoms with van der Waals surface area (Å²) < 4.78 is 0. The van der Waals surface area contributed by atoms with Gasteiger partial charge in [0, 0.05) is 18.8 Å². The second kappa shape index (κ2) is 4.06. The summed E-state index contributed by atoms with van der Waals surface area (Å²) in [7, 11) is 0. The Morgan fingerprint density at radius 3 is 2.79 bits per heavy atom. The number of nitrogens with zero attached hydrogens (tertiary/aromatic N) is 2. The summed E-state index contributed by atoms with van der Waals surface area (Å²) >= 11 is 0. The average Bonchev–Trinajstić information content (AvgIpc) is 2.59. The van der Waals surface area contributed by atoms with Crippen molar-refractivity contribution in [3.05, 3.63) is 30.1 Å². The molecule has 1 amide bonds. The largest absolute Gasteiger partial charge is 0.334 e. The maximum Gasteiger partial charge on any atom is 0.272 e. The number of hydrogen-bond donors (Lipinski definition) is 0. The van der Waals surface area contributed by atoms with Crippen molar-refractivity contribution in [2.75, 3.05) is 6.54 Å². The first-order chi connectivity index (χ1) is 8.89. The monoisotopic (exact) mass is 258 g/mol. The van der Waals surface area contributed by atoms with E-state index in [0.29, 0.717) is 17.2 Å². The Morgan fingerprint density at radius 1 is 1.32 bits per heavy atom. The van der Waals surface area contributed by atoms with Crippen molar-refractivity contribution in [2.45, 2.75) is 46.1 Å². The van der Waals surface area contributed by atoms with Crippen LogP contribution in [0.5, 0.6) is 0 Å². The highest BCUT2D eigenvalue weighted by Gasteiger charge is 2.51. The van der Waals surface area contributed by atoms with Crippen molar-refractivity contribution in [3.8, 4) is 0 Å². The molecule has 3 heteroatoms. The van der Waals surface area contributed by atoms with E-state index in [2.05, 4.69) is 30.7 Å². The van der Waals surface area contributed by atoms with Crippen LogP contribution in [0.4, 0.5) is 0 Å². The molecule has 2 fully saturated rings. The summed E-state index contributed by atoms with van der Waals surface area (Å²) in [6.45, 7) is 7.86. The standard InChI is InChI=1S/C16H22N2O/c1-15(2)8-12-9-16(3,10-15)11-18(12)14(19)13-6-4-5-7-17-13/h4-7,12H,8-11H2,1-3H3/t12-,16+/m0/s1. The van der Waals surface area contributed by atoms with Crippen molar-refractivity contribution in [3.63, 3.8) is 0 Å². The molecule has 2 heterocycles. The minimum Gasteiger partial charge on any atom is -0.334 e. The van der Waals surface area contributed by atoms with Gasteiger partial charge < -0.3 is 4.90 Å². The van der Waals surface area contributed by atoms with E-state index in [1.807, 2.05) is 18.2 Å². The van der Waals surface area contributed by atoms with Gasteiger partial charge in [-0.15, -0.1) is 0 Å². The number of aromatic nitrogens is 1. The van der Waals surface area contributed by atoms with Gasteiger partial charge in [-0.05, 0) is 42.2 Å². The zero-order valence-corrected chi connectivity index (χ0v) is 12.0. The fourth-order valence-electron chi connectivity index (χ4n) is 4.33. The molecule has 1 saturated carbocycles. The smallest absolute Gasteiger partial charge is 0.272 e. The van der Waals surface area contributed by atoms with Gasteiger partial charge in [0.05, 0.1) is 0 Å². The quantitative estimate of drug-likeness (QED) is 0.775. The summed E-state index contributed by atoms with van der Waals surface area (Å²) in [6, 6.07) is 5.94. The third kappa shape index (κ3) is 2.26. The second-order valence-corrected chi connectivity index (χ2v) is 7.36. The molecule has 1 aliphatic carbocycles. The molecule has 2 bridgehead atoms. The van der Waals surface area contributed by atoms with Crippen LogP contribution in [0.3, 0.4) is 0 Å². The number of carbonyl (C=O) groups excluding carboxylic acids is 1. The van der Waals surface area contributed by atoms with Gasteiger partial charge in [-0.25, -0.2) is 0 Å². The Kier molecular flexibility index (Phi) is 2.70. The maximum absolute atomic E-state index is 12.6. The number of likely N-dealkylation sites (tertiary alicyclic amines) is 1. The van der Waals surface area contributed by atoms with Gasteiger partial charge in [0.25, 0.3) is 5.91 Å². The zero-order valence-electron chi connectivity index (χ0n) is 12.0. The molecule has 102 valence electrons. The van der Waals surface area contributed by atoms with Gasteiger partial charge in [0.15, 0.2) is 0 Å². The van der Waals surface area contributed by atoms with Crippen LogP contribution in [-0.2, 0) is 0 Å². The Labute approximate surface area is 115 Å². The Balaban J connectivity index is 1.86. The van der Waals surface area contributed by atoms with Crippen LogP contribution in [0.25, 0.3) is 0 Å². The minimum absolute atomic E-state index is 0.104. The molecule has 0 radical (unpaired) electrons. The lowest BCUT2D eigenvalue weighted by atomic mass is 9.65. The van der Waals surface area contributed by atoms with E-state index in [-0.39, 0.29) is 11.3 Å². The summed E-state index contributed by atoms with van der Waals surface area (Å²) in [5.74, 6) is 0.104. The predicted octanol–water partition coefficient (Wildman–Crippen LogP) is 3.12. The molecule has 0 N–H and O–H groups in total. The summed E-state index contributed by atoms with van der Waals surface area (Å²) in [6.07, 6.45) is 5.17. The van der Waals surface area contributed by atoms with Crippen LogP contribution in [0.2, 0.25) is 0 Å². The third-order valence-corrected chi connectivity index (χ3v) is 4.56. The molecule has 1 aliphatic heterocycles. The van der Waals surface area contributed by atoms with Gasteiger partial charge >= 0.3 is 0 Å². The van der Waals surface area contributed by atoms with E-state index in [9.17, 15) is 4.79 Å². The van der Waals surface area contributed by atoms with Gasteiger partial charge in [-0.3, -0.25) is 9.78 Å². The first-order valence-electron chi connectivity index (χ1n) is 7.11. The topological polar surface area (TPSA) is 33.2 Å². The van der Waals surface area contributed by atoms with Crippen molar-refractivity contribution in [2.24, 2.45) is 10.8 Å². The number of carbonyl (C=O) groups is 1. The van der Waals surface area contributed by atoms with Crippen molar-refractivity contribution >= 4 is 5.91 Å². The highest BCUT2D eigenvalue weighted by molar-refractivity contribution is 5.92. The second-order valence-electron chi connectivity index (χ2n) is 7.36. The normalized spacial score (nSPS) is 32.4. The van der Waals surface area contributed by atoms with E-state index < -0.39 is 0 Å². The minimum atomic E-state index is 0.104. The Bertz CT molecular complexity index is 497. The number of pyridine rings is 1. The predicted molar refractivity (Wildman–Crippen MR) is 74.8 cm³/mol. The van der Waals surface area contributed by atoms with Gasteiger partial charge in [-0.2, -0.15) is 0 Å². The lowest BCUT2D eigenvalue weighted by Crippen LogP contribution is -2.38. The molecule has 3 nitrogen and oxygen atoms in total. The van der Waals surface area contributed by atoms with Crippen molar-refractivity contribution < 1.29 is 4.79 Å². The molecule has 1 aromatic rings. The molecule has 1 saturated heterocycles.